The summed E-state index contributed by atoms with van der Waals surface area (Å²) in [5.41, 5.74) is 4.67. The van der Waals surface area contributed by atoms with Crippen LogP contribution in [0.5, 0.6) is 0 Å². The van der Waals surface area contributed by atoms with Crippen molar-refractivity contribution in [2.24, 2.45) is 5.92 Å². The lowest BCUT2D eigenvalue weighted by Gasteiger charge is -2.32. The molecule has 1 aliphatic rings. The zero-order chi connectivity index (χ0) is 17.8. The van der Waals surface area contributed by atoms with E-state index in [-0.39, 0.29) is 11.8 Å². The van der Waals surface area contributed by atoms with E-state index in [0.717, 1.165) is 43.7 Å². The Labute approximate surface area is 164 Å². The second kappa shape index (κ2) is 8.32. The summed E-state index contributed by atoms with van der Waals surface area (Å²) < 4.78 is 1.19. The van der Waals surface area contributed by atoms with Crippen LogP contribution in [0.2, 0.25) is 0 Å². The van der Waals surface area contributed by atoms with Crippen LogP contribution in [-0.4, -0.2) is 23.9 Å². The molecule has 0 spiro atoms. The first-order valence-electron chi connectivity index (χ1n) is 8.86. The summed E-state index contributed by atoms with van der Waals surface area (Å²) >= 11 is 2.30. The molecule has 1 aliphatic heterocycles. The zero-order valence-corrected chi connectivity index (χ0v) is 17.0. The summed E-state index contributed by atoms with van der Waals surface area (Å²) in [5.74, 6) is 0.218. The Morgan fingerprint density at radius 1 is 1.24 bits per heavy atom. The van der Waals surface area contributed by atoms with Gasteiger partial charge in [0, 0.05) is 22.3 Å². The maximum Gasteiger partial charge on any atom is 0.228 e. The molecular weight excluding hydrogens is 423 g/mol. The first kappa shape index (κ1) is 18.4. The second-order valence-corrected chi connectivity index (χ2v) is 8.26. The molecule has 1 atom stereocenters. The molecule has 0 radical (unpaired) electrons. The number of likely N-dealkylation sites (tertiary alicyclic amines) is 1. The number of hydrogen-bond acceptors (Lipinski definition) is 2. The van der Waals surface area contributed by atoms with Crippen LogP contribution < -0.4 is 5.32 Å². The molecule has 25 heavy (non-hydrogen) atoms. The van der Waals surface area contributed by atoms with Gasteiger partial charge in [-0.05, 0) is 85.2 Å². The molecule has 1 heterocycles. The maximum absolute atomic E-state index is 12.7. The summed E-state index contributed by atoms with van der Waals surface area (Å²) in [6, 6.07) is 14.8. The molecule has 0 aromatic heterocycles. The molecule has 2 aromatic carbocycles. The Morgan fingerprint density at radius 3 is 2.84 bits per heavy atom. The van der Waals surface area contributed by atoms with Crippen molar-refractivity contribution < 1.29 is 4.79 Å². The number of halogens is 1. The number of benzene rings is 2. The minimum atomic E-state index is 0.0669. The SMILES string of the molecule is Cc1cccc(CN2CCCC(C(=O)Nc3ccc(I)cc3C)C2)c1. The molecule has 3 nitrogen and oxygen atoms in total. The fourth-order valence-corrected chi connectivity index (χ4v) is 4.13. The van der Waals surface area contributed by atoms with Crippen molar-refractivity contribution in [1.82, 2.24) is 4.90 Å². The Bertz CT molecular complexity index is 759. The molecule has 132 valence electrons. The topological polar surface area (TPSA) is 32.3 Å². The van der Waals surface area contributed by atoms with E-state index in [2.05, 4.69) is 70.1 Å². The van der Waals surface area contributed by atoms with Gasteiger partial charge in [0.1, 0.15) is 0 Å². The van der Waals surface area contributed by atoms with E-state index in [1.54, 1.807) is 0 Å². The van der Waals surface area contributed by atoms with Gasteiger partial charge >= 0.3 is 0 Å². The first-order valence-corrected chi connectivity index (χ1v) is 9.94. The molecule has 1 fully saturated rings. The quantitative estimate of drug-likeness (QED) is 0.685. The zero-order valence-electron chi connectivity index (χ0n) is 14.9. The molecule has 1 amide bonds. The van der Waals surface area contributed by atoms with Crippen LogP contribution in [0.3, 0.4) is 0 Å². The summed E-state index contributed by atoms with van der Waals surface area (Å²) in [6.45, 7) is 7.00. The maximum atomic E-state index is 12.7. The average Bonchev–Trinajstić information content (AvgIpc) is 2.57. The van der Waals surface area contributed by atoms with Gasteiger partial charge in [0.25, 0.3) is 0 Å². The van der Waals surface area contributed by atoms with Gasteiger partial charge in [-0.1, -0.05) is 29.8 Å². The minimum absolute atomic E-state index is 0.0669. The highest BCUT2D eigenvalue weighted by atomic mass is 127. The highest BCUT2D eigenvalue weighted by Crippen LogP contribution is 2.23. The van der Waals surface area contributed by atoms with Crippen LogP contribution in [0.1, 0.15) is 29.5 Å². The molecule has 0 saturated carbocycles. The normalized spacial score (nSPS) is 18.1. The fourth-order valence-electron chi connectivity index (χ4n) is 3.48. The van der Waals surface area contributed by atoms with Gasteiger partial charge in [-0.15, -0.1) is 0 Å². The van der Waals surface area contributed by atoms with Gasteiger partial charge in [0.2, 0.25) is 5.91 Å². The second-order valence-electron chi connectivity index (χ2n) is 7.01. The molecule has 1 N–H and O–H groups in total. The number of anilines is 1. The van der Waals surface area contributed by atoms with E-state index in [1.807, 2.05) is 19.1 Å². The fraction of sp³-hybridized carbons (Fsp3) is 0.381. The Hall–Kier alpha value is -1.40. The standard InChI is InChI=1S/C21H25IN2O/c1-15-5-3-6-17(11-15)13-24-10-4-7-18(14-24)21(25)23-20-9-8-19(22)12-16(20)2/h3,5-6,8-9,11-12,18H,4,7,10,13-14H2,1-2H3,(H,23,25). The predicted octanol–water partition coefficient (Wildman–Crippen LogP) is 4.76. The van der Waals surface area contributed by atoms with Crippen LogP contribution in [0.4, 0.5) is 5.69 Å². The summed E-state index contributed by atoms with van der Waals surface area (Å²) in [5, 5.41) is 3.13. The molecule has 4 heteroatoms. The lowest BCUT2D eigenvalue weighted by Crippen LogP contribution is -2.40. The molecule has 3 rings (SSSR count). The van der Waals surface area contributed by atoms with E-state index >= 15 is 0 Å². The Kier molecular flexibility index (Phi) is 6.12. The largest absolute Gasteiger partial charge is 0.326 e. The van der Waals surface area contributed by atoms with E-state index in [1.165, 1.54) is 14.7 Å². The third-order valence-electron chi connectivity index (χ3n) is 4.81. The van der Waals surface area contributed by atoms with Gasteiger partial charge in [-0.3, -0.25) is 9.69 Å². The molecule has 1 saturated heterocycles. The molecule has 1 unspecified atom stereocenters. The van der Waals surface area contributed by atoms with Gasteiger partial charge in [-0.2, -0.15) is 0 Å². The van der Waals surface area contributed by atoms with Gasteiger partial charge in [0.05, 0.1) is 5.92 Å². The summed E-state index contributed by atoms with van der Waals surface area (Å²) in [4.78, 5) is 15.1. The number of aryl methyl sites for hydroxylation is 2. The highest BCUT2D eigenvalue weighted by Gasteiger charge is 2.26. The van der Waals surface area contributed by atoms with Gasteiger partial charge < -0.3 is 5.32 Å². The predicted molar refractivity (Wildman–Crippen MR) is 112 cm³/mol. The number of carbonyl (C=O) groups is 1. The van der Waals surface area contributed by atoms with Gasteiger partial charge in [-0.25, -0.2) is 0 Å². The number of nitrogens with zero attached hydrogens (tertiary/aromatic N) is 1. The van der Waals surface area contributed by atoms with E-state index in [4.69, 9.17) is 0 Å². The van der Waals surface area contributed by atoms with Crippen LogP contribution in [0.15, 0.2) is 42.5 Å². The van der Waals surface area contributed by atoms with Crippen LogP contribution in [0, 0.1) is 23.3 Å². The first-order chi connectivity index (χ1) is 12.0. The molecular formula is C21H25IN2O. The minimum Gasteiger partial charge on any atom is -0.326 e. The third-order valence-corrected chi connectivity index (χ3v) is 5.48. The van der Waals surface area contributed by atoms with E-state index in [0.29, 0.717) is 0 Å². The van der Waals surface area contributed by atoms with Crippen molar-refractivity contribution in [3.63, 3.8) is 0 Å². The van der Waals surface area contributed by atoms with Gasteiger partial charge in [0.15, 0.2) is 0 Å². The lowest BCUT2D eigenvalue weighted by molar-refractivity contribution is -0.121. The number of hydrogen-bond donors (Lipinski definition) is 1. The van der Waals surface area contributed by atoms with E-state index in [9.17, 15) is 4.79 Å². The van der Waals surface area contributed by atoms with Crippen molar-refractivity contribution in [3.8, 4) is 0 Å². The van der Waals surface area contributed by atoms with Crippen molar-refractivity contribution in [1.29, 1.82) is 0 Å². The number of carbonyl (C=O) groups excluding carboxylic acids is 1. The number of piperidine rings is 1. The molecule has 2 aromatic rings. The van der Waals surface area contributed by atoms with Crippen molar-refractivity contribution in [2.75, 3.05) is 18.4 Å². The van der Waals surface area contributed by atoms with Crippen LogP contribution in [-0.2, 0) is 11.3 Å². The summed E-state index contributed by atoms with van der Waals surface area (Å²) in [7, 11) is 0. The monoisotopic (exact) mass is 448 g/mol. The smallest absolute Gasteiger partial charge is 0.228 e. The third kappa shape index (κ3) is 5.05. The highest BCUT2D eigenvalue weighted by molar-refractivity contribution is 14.1. The number of nitrogens with one attached hydrogen (secondary N) is 1. The van der Waals surface area contributed by atoms with E-state index < -0.39 is 0 Å². The number of amides is 1. The Morgan fingerprint density at radius 2 is 2.08 bits per heavy atom. The lowest BCUT2D eigenvalue weighted by atomic mass is 9.96. The van der Waals surface area contributed by atoms with Crippen LogP contribution >= 0.6 is 22.6 Å². The van der Waals surface area contributed by atoms with Crippen LogP contribution in [0.25, 0.3) is 0 Å². The average molecular weight is 448 g/mol. The van der Waals surface area contributed by atoms with Crippen molar-refractivity contribution >= 4 is 34.2 Å². The molecule has 0 aliphatic carbocycles. The van der Waals surface area contributed by atoms with Crippen molar-refractivity contribution in [3.05, 3.63) is 62.7 Å². The summed E-state index contributed by atoms with van der Waals surface area (Å²) in [6.07, 6.45) is 2.05. The Balaban J connectivity index is 1.61. The van der Waals surface area contributed by atoms with Crippen molar-refractivity contribution in [2.45, 2.75) is 33.2 Å². The molecule has 0 bridgehead atoms. The number of rotatable bonds is 4.